The third-order valence-corrected chi connectivity index (χ3v) is 5.38. The SMILES string of the molecule is CCc1ccc(S(=O)(=O)N(CCC(=O)O)C(C)(C)C)cc1. The summed E-state index contributed by atoms with van der Waals surface area (Å²) in [4.78, 5) is 11.0. The van der Waals surface area contributed by atoms with Gasteiger partial charge in [-0.1, -0.05) is 19.1 Å². The molecule has 0 amide bonds. The molecule has 0 bridgehead atoms. The van der Waals surface area contributed by atoms with Crippen molar-refractivity contribution in [3.8, 4) is 0 Å². The van der Waals surface area contributed by atoms with Gasteiger partial charge in [-0.25, -0.2) is 8.42 Å². The van der Waals surface area contributed by atoms with Crippen LogP contribution in [0.4, 0.5) is 0 Å². The summed E-state index contributed by atoms with van der Waals surface area (Å²) in [6.07, 6.45) is 0.617. The first kappa shape index (κ1) is 17.7. The number of aliphatic carboxylic acids is 1. The van der Waals surface area contributed by atoms with Gasteiger partial charge in [-0.3, -0.25) is 4.79 Å². The van der Waals surface area contributed by atoms with Crippen LogP contribution < -0.4 is 0 Å². The third-order valence-electron chi connectivity index (χ3n) is 3.20. The zero-order valence-electron chi connectivity index (χ0n) is 13.0. The summed E-state index contributed by atoms with van der Waals surface area (Å²) in [6.45, 7) is 7.22. The molecule has 21 heavy (non-hydrogen) atoms. The summed E-state index contributed by atoms with van der Waals surface area (Å²) in [5, 5.41) is 8.81. The van der Waals surface area contributed by atoms with Crippen LogP contribution in [0.5, 0.6) is 0 Å². The molecule has 1 rings (SSSR count). The number of hydrogen-bond acceptors (Lipinski definition) is 3. The van der Waals surface area contributed by atoms with E-state index in [1.165, 1.54) is 4.31 Å². The molecule has 0 aromatic heterocycles. The van der Waals surface area contributed by atoms with Crippen LogP contribution in [0.15, 0.2) is 29.2 Å². The fourth-order valence-electron chi connectivity index (χ4n) is 2.04. The Labute approximate surface area is 126 Å². The van der Waals surface area contributed by atoms with Gasteiger partial charge in [0.25, 0.3) is 0 Å². The zero-order valence-corrected chi connectivity index (χ0v) is 13.8. The molecular formula is C15H23NO4S. The predicted octanol–water partition coefficient (Wildman–Crippen LogP) is 2.51. The fraction of sp³-hybridized carbons (Fsp3) is 0.533. The molecule has 0 radical (unpaired) electrons. The Bertz CT molecular complexity index is 585. The van der Waals surface area contributed by atoms with Crippen LogP contribution in [0.25, 0.3) is 0 Å². The number of sulfonamides is 1. The van der Waals surface area contributed by atoms with Crippen molar-refractivity contribution >= 4 is 16.0 Å². The standard InChI is InChI=1S/C15H23NO4S/c1-5-12-6-8-13(9-7-12)21(19,20)16(15(2,3)4)11-10-14(17)18/h6-9H,5,10-11H2,1-4H3,(H,17,18). The number of benzene rings is 1. The molecule has 0 atom stereocenters. The first-order valence-corrected chi connectivity index (χ1v) is 8.36. The summed E-state index contributed by atoms with van der Waals surface area (Å²) in [5.74, 6) is -1.01. The van der Waals surface area contributed by atoms with Crippen LogP contribution in [-0.4, -0.2) is 35.9 Å². The van der Waals surface area contributed by atoms with Gasteiger partial charge in [-0.2, -0.15) is 4.31 Å². The van der Waals surface area contributed by atoms with E-state index in [1.807, 2.05) is 6.92 Å². The van der Waals surface area contributed by atoms with Crippen LogP contribution in [0, 0.1) is 0 Å². The topological polar surface area (TPSA) is 74.7 Å². The van der Waals surface area contributed by atoms with Crippen molar-refractivity contribution in [3.63, 3.8) is 0 Å². The maximum atomic E-state index is 12.7. The highest BCUT2D eigenvalue weighted by Crippen LogP contribution is 2.25. The molecule has 1 N–H and O–H groups in total. The second-order valence-electron chi connectivity index (χ2n) is 5.89. The minimum atomic E-state index is -3.71. The zero-order chi connectivity index (χ0) is 16.3. The third kappa shape index (κ3) is 4.54. The van der Waals surface area contributed by atoms with Gasteiger partial charge >= 0.3 is 5.97 Å². The second kappa shape index (κ2) is 6.58. The van der Waals surface area contributed by atoms with E-state index in [-0.39, 0.29) is 17.9 Å². The molecule has 0 saturated heterocycles. The van der Waals surface area contributed by atoms with E-state index in [0.717, 1.165) is 12.0 Å². The highest BCUT2D eigenvalue weighted by molar-refractivity contribution is 7.89. The first-order chi connectivity index (χ1) is 9.59. The van der Waals surface area contributed by atoms with Crippen molar-refractivity contribution in [2.75, 3.05) is 6.54 Å². The Morgan fingerprint density at radius 1 is 1.19 bits per heavy atom. The Kier molecular flexibility index (Phi) is 5.53. The number of hydrogen-bond donors (Lipinski definition) is 1. The average Bonchev–Trinajstić information content (AvgIpc) is 2.36. The van der Waals surface area contributed by atoms with Crippen LogP contribution >= 0.6 is 0 Å². The van der Waals surface area contributed by atoms with Gasteiger partial charge in [-0.15, -0.1) is 0 Å². The summed E-state index contributed by atoms with van der Waals surface area (Å²) in [7, 11) is -3.71. The molecule has 5 nitrogen and oxygen atoms in total. The lowest BCUT2D eigenvalue weighted by Gasteiger charge is -2.34. The van der Waals surface area contributed by atoms with Gasteiger partial charge in [0.1, 0.15) is 0 Å². The number of carbonyl (C=O) groups is 1. The maximum absolute atomic E-state index is 12.7. The van der Waals surface area contributed by atoms with Crippen molar-refractivity contribution in [2.24, 2.45) is 0 Å². The van der Waals surface area contributed by atoms with E-state index in [9.17, 15) is 13.2 Å². The van der Waals surface area contributed by atoms with E-state index >= 15 is 0 Å². The number of carboxylic acid groups (broad SMARTS) is 1. The summed E-state index contributed by atoms with van der Waals surface area (Å²) < 4.78 is 26.7. The normalized spacial score (nSPS) is 12.6. The number of aryl methyl sites for hydroxylation is 1. The monoisotopic (exact) mass is 313 g/mol. The van der Waals surface area contributed by atoms with E-state index in [4.69, 9.17) is 5.11 Å². The Balaban J connectivity index is 3.16. The van der Waals surface area contributed by atoms with Crippen molar-refractivity contribution in [2.45, 2.75) is 51.0 Å². The molecule has 1 aromatic rings. The molecule has 118 valence electrons. The number of carboxylic acids is 1. The molecule has 0 spiro atoms. The number of nitrogens with zero attached hydrogens (tertiary/aromatic N) is 1. The quantitative estimate of drug-likeness (QED) is 0.875. The van der Waals surface area contributed by atoms with Crippen LogP contribution in [-0.2, 0) is 21.2 Å². The smallest absolute Gasteiger partial charge is 0.304 e. The molecule has 0 aliphatic carbocycles. The Morgan fingerprint density at radius 2 is 1.71 bits per heavy atom. The Hall–Kier alpha value is -1.40. The largest absolute Gasteiger partial charge is 0.481 e. The van der Waals surface area contributed by atoms with Gasteiger partial charge in [0.15, 0.2) is 0 Å². The molecule has 0 aliphatic heterocycles. The lowest BCUT2D eigenvalue weighted by molar-refractivity contribution is -0.137. The summed E-state index contributed by atoms with van der Waals surface area (Å²) in [6, 6.07) is 6.72. The molecule has 0 aliphatic rings. The second-order valence-corrected chi connectivity index (χ2v) is 7.75. The van der Waals surface area contributed by atoms with Gasteiger partial charge in [0.2, 0.25) is 10.0 Å². The van der Waals surface area contributed by atoms with Crippen molar-refractivity contribution < 1.29 is 18.3 Å². The van der Waals surface area contributed by atoms with Crippen LogP contribution in [0.2, 0.25) is 0 Å². The van der Waals surface area contributed by atoms with Crippen molar-refractivity contribution in [1.29, 1.82) is 0 Å². The molecular weight excluding hydrogens is 290 g/mol. The van der Waals surface area contributed by atoms with E-state index in [0.29, 0.717) is 0 Å². The fourth-order valence-corrected chi connectivity index (χ4v) is 3.82. The van der Waals surface area contributed by atoms with Crippen LogP contribution in [0.3, 0.4) is 0 Å². The molecule has 0 saturated carbocycles. The van der Waals surface area contributed by atoms with Gasteiger partial charge < -0.3 is 5.11 Å². The molecule has 1 aromatic carbocycles. The highest BCUT2D eigenvalue weighted by Gasteiger charge is 2.34. The molecule has 0 unspecified atom stereocenters. The van der Waals surface area contributed by atoms with Gasteiger partial charge in [-0.05, 0) is 44.9 Å². The minimum Gasteiger partial charge on any atom is -0.481 e. The van der Waals surface area contributed by atoms with E-state index in [1.54, 1.807) is 45.0 Å². The highest BCUT2D eigenvalue weighted by atomic mass is 32.2. The summed E-state index contributed by atoms with van der Waals surface area (Å²) in [5.41, 5.74) is 0.374. The molecule has 0 fully saturated rings. The number of rotatable bonds is 6. The van der Waals surface area contributed by atoms with Crippen LogP contribution in [0.1, 0.15) is 39.7 Å². The lowest BCUT2D eigenvalue weighted by Crippen LogP contribution is -2.46. The summed E-state index contributed by atoms with van der Waals surface area (Å²) >= 11 is 0. The molecule has 6 heteroatoms. The first-order valence-electron chi connectivity index (χ1n) is 6.92. The van der Waals surface area contributed by atoms with Crippen molar-refractivity contribution in [1.82, 2.24) is 4.31 Å². The van der Waals surface area contributed by atoms with Gasteiger partial charge in [0.05, 0.1) is 11.3 Å². The van der Waals surface area contributed by atoms with Gasteiger partial charge in [0, 0.05) is 12.1 Å². The predicted molar refractivity (Wildman–Crippen MR) is 81.7 cm³/mol. The average molecular weight is 313 g/mol. The molecule has 0 heterocycles. The van der Waals surface area contributed by atoms with E-state index in [2.05, 4.69) is 0 Å². The van der Waals surface area contributed by atoms with Crippen molar-refractivity contribution in [3.05, 3.63) is 29.8 Å². The lowest BCUT2D eigenvalue weighted by atomic mass is 10.1. The Morgan fingerprint density at radius 3 is 2.10 bits per heavy atom. The van der Waals surface area contributed by atoms with E-state index < -0.39 is 21.5 Å². The minimum absolute atomic E-state index is 0.0449. The maximum Gasteiger partial charge on any atom is 0.304 e.